The van der Waals surface area contributed by atoms with Gasteiger partial charge in [-0.25, -0.2) is 4.68 Å². The highest BCUT2D eigenvalue weighted by Gasteiger charge is 2.29. The maximum absolute atomic E-state index is 13.1. The SMILES string of the molecule is CN1C=C(c2ccc(C(=O)N3CCC(Oc4cccc(C5CCC(=O)NC5=O)c4)CC3)cc2)CCC1.Cn1ncc(N)c(Br)c1=O. The van der Waals surface area contributed by atoms with Crippen molar-refractivity contribution >= 4 is 44.9 Å². The molecule has 0 saturated carbocycles. The quantitative estimate of drug-likeness (QED) is 0.382. The van der Waals surface area contributed by atoms with Gasteiger partial charge in [-0.2, -0.15) is 5.10 Å². The molecule has 46 heavy (non-hydrogen) atoms. The Labute approximate surface area is 276 Å². The van der Waals surface area contributed by atoms with Crippen molar-refractivity contribution in [2.45, 2.75) is 50.5 Å². The number of nitrogen functional groups attached to an aromatic ring is 1. The highest BCUT2D eigenvalue weighted by atomic mass is 79.9. The maximum atomic E-state index is 13.1. The maximum Gasteiger partial charge on any atom is 0.282 e. The molecule has 3 N–H and O–H groups in total. The van der Waals surface area contributed by atoms with Crippen molar-refractivity contribution < 1.29 is 19.1 Å². The summed E-state index contributed by atoms with van der Waals surface area (Å²) in [4.78, 5) is 51.8. The number of amides is 3. The van der Waals surface area contributed by atoms with Gasteiger partial charge in [0.1, 0.15) is 16.3 Å². The largest absolute Gasteiger partial charge is 0.490 e. The molecule has 3 amide bonds. The van der Waals surface area contributed by atoms with E-state index in [4.69, 9.17) is 10.5 Å². The zero-order valence-corrected chi connectivity index (χ0v) is 27.7. The van der Waals surface area contributed by atoms with Crippen LogP contribution >= 0.6 is 15.9 Å². The molecule has 1 aromatic heterocycles. The highest BCUT2D eigenvalue weighted by molar-refractivity contribution is 9.10. The molecule has 6 rings (SSSR count). The van der Waals surface area contributed by atoms with Crippen molar-refractivity contribution in [2.24, 2.45) is 7.05 Å². The average molecular weight is 692 g/mol. The van der Waals surface area contributed by atoms with Gasteiger partial charge in [-0.1, -0.05) is 24.3 Å². The fourth-order valence-corrected chi connectivity index (χ4v) is 6.21. The number of allylic oxidation sites excluding steroid dienone is 1. The summed E-state index contributed by atoms with van der Waals surface area (Å²) in [5, 5.41) is 6.11. The molecule has 2 aromatic carbocycles. The summed E-state index contributed by atoms with van der Waals surface area (Å²) in [6.45, 7) is 2.38. The number of carbonyl (C=O) groups is 3. The molecule has 0 radical (unpaired) electrons. The molecule has 2 fully saturated rings. The van der Waals surface area contributed by atoms with Gasteiger partial charge in [0.2, 0.25) is 11.8 Å². The Bertz CT molecular complexity index is 1680. The molecule has 0 bridgehead atoms. The van der Waals surface area contributed by atoms with Crippen molar-refractivity contribution in [3.63, 3.8) is 0 Å². The second kappa shape index (κ2) is 14.8. The summed E-state index contributed by atoms with van der Waals surface area (Å²) in [6, 6.07) is 15.6. The van der Waals surface area contributed by atoms with E-state index in [1.807, 2.05) is 41.3 Å². The van der Waals surface area contributed by atoms with Crippen LogP contribution in [-0.2, 0) is 16.6 Å². The van der Waals surface area contributed by atoms with Crippen LogP contribution in [0.5, 0.6) is 5.75 Å². The third kappa shape index (κ3) is 8.03. The summed E-state index contributed by atoms with van der Waals surface area (Å²) >= 11 is 3.03. The Hall–Kier alpha value is -4.45. The van der Waals surface area contributed by atoms with Gasteiger partial charge in [-0.15, -0.1) is 0 Å². The molecule has 0 spiro atoms. The van der Waals surface area contributed by atoms with Crippen molar-refractivity contribution in [1.29, 1.82) is 0 Å². The minimum Gasteiger partial charge on any atom is -0.490 e. The van der Waals surface area contributed by atoms with E-state index < -0.39 is 0 Å². The molecule has 3 aliphatic rings. The first-order valence-corrected chi connectivity index (χ1v) is 16.3. The normalized spacial score (nSPS) is 18.7. The minimum absolute atomic E-state index is 0.0173. The van der Waals surface area contributed by atoms with Crippen molar-refractivity contribution in [3.05, 3.63) is 92.4 Å². The molecule has 4 heterocycles. The Kier molecular flexibility index (Phi) is 10.6. The van der Waals surface area contributed by atoms with Gasteiger partial charge in [0, 0.05) is 64.8 Å². The zero-order valence-electron chi connectivity index (χ0n) is 26.1. The van der Waals surface area contributed by atoms with Gasteiger partial charge in [-0.3, -0.25) is 24.5 Å². The third-order valence-corrected chi connectivity index (χ3v) is 9.27. The first kappa shape index (κ1) is 32.9. The van der Waals surface area contributed by atoms with Gasteiger partial charge in [0.05, 0.1) is 17.8 Å². The average Bonchev–Trinajstić information content (AvgIpc) is 3.06. The van der Waals surface area contributed by atoms with E-state index in [0.717, 1.165) is 49.1 Å². The number of aromatic nitrogens is 2. The first-order valence-electron chi connectivity index (χ1n) is 15.5. The fraction of sp³-hybridized carbons (Fsp3) is 0.382. The monoisotopic (exact) mass is 690 g/mol. The number of carbonyl (C=O) groups excluding carboxylic acids is 3. The predicted octanol–water partition coefficient (Wildman–Crippen LogP) is 4.08. The number of likely N-dealkylation sites (tertiary alicyclic amines) is 1. The molecule has 3 aliphatic heterocycles. The van der Waals surface area contributed by atoms with E-state index in [0.29, 0.717) is 36.1 Å². The molecule has 12 heteroatoms. The van der Waals surface area contributed by atoms with E-state index in [-0.39, 0.29) is 35.3 Å². The Balaban J connectivity index is 0.000000356. The van der Waals surface area contributed by atoms with Crippen LogP contribution in [0.25, 0.3) is 5.57 Å². The summed E-state index contributed by atoms with van der Waals surface area (Å²) < 4.78 is 7.80. The number of nitrogens with two attached hydrogens (primary N) is 1. The van der Waals surface area contributed by atoms with Gasteiger partial charge in [-0.05, 0) is 76.2 Å². The number of hydrogen-bond donors (Lipinski definition) is 2. The summed E-state index contributed by atoms with van der Waals surface area (Å²) in [7, 11) is 3.66. The van der Waals surface area contributed by atoms with Gasteiger partial charge >= 0.3 is 0 Å². The number of benzene rings is 2. The smallest absolute Gasteiger partial charge is 0.282 e. The standard InChI is InChI=1S/C29H33N3O4.C5H6BrN3O/c1-31-15-3-5-23(19-31)20-7-9-21(10-8-20)29(35)32-16-13-24(14-17-32)36-25-6-2-4-22(18-25)26-11-12-27(33)30-28(26)34;1-9-5(10)4(6)3(7)2-8-9/h2,4,6-10,18-19,24,26H,3,5,11-17H2,1H3,(H,30,33,34);2H,7H2,1H3. The number of imide groups is 1. The zero-order chi connectivity index (χ0) is 32.8. The van der Waals surface area contributed by atoms with E-state index in [9.17, 15) is 19.2 Å². The Morgan fingerprint density at radius 3 is 2.41 bits per heavy atom. The molecule has 2 saturated heterocycles. The van der Waals surface area contributed by atoms with Gasteiger partial charge < -0.3 is 20.3 Å². The molecule has 1 atom stereocenters. The summed E-state index contributed by atoms with van der Waals surface area (Å²) in [5.74, 6) is 0.00338. The highest BCUT2D eigenvalue weighted by Crippen LogP contribution is 2.29. The number of rotatable bonds is 5. The summed E-state index contributed by atoms with van der Waals surface area (Å²) in [5.41, 5.74) is 9.60. The third-order valence-electron chi connectivity index (χ3n) is 8.47. The first-order chi connectivity index (χ1) is 22.1. The van der Waals surface area contributed by atoms with Crippen LogP contribution in [-0.4, -0.2) is 70.1 Å². The van der Waals surface area contributed by atoms with Gasteiger partial charge in [0.25, 0.3) is 11.5 Å². The number of nitrogens with zero attached hydrogens (tertiary/aromatic N) is 4. The molecule has 11 nitrogen and oxygen atoms in total. The van der Waals surface area contributed by atoms with Crippen LogP contribution in [0.2, 0.25) is 0 Å². The predicted molar refractivity (Wildman–Crippen MR) is 179 cm³/mol. The molecule has 1 unspecified atom stereocenters. The molecular formula is C34H39BrN6O5. The molecule has 0 aliphatic carbocycles. The molecular weight excluding hydrogens is 652 g/mol. The lowest BCUT2D eigenvalue weighted by atomic mass is 9.90. The second-order valence-electron chi connectivity index (χ2n) is 11.8. The topological polar surface area (TPSA) is 140 Å². The van der Waals surface area contributed by atoms with Crippen molar-refractivity contribution in [2.75, 3.05) is 32.4 Å². The number of piperidine rings is 2. The number of ether oxygens (including phenoxy) is 1. The van der Waals surface area contributed by atoms with Crippen molar-refractivity contribution in [1.82, 2.24) is 24.9 Å². The van der Waals surface area contributed by atoms with Gasteiger partial charge in [0.15, 0.2) is 0 Å². The molecule has 3 aromatic rings. The Morgan fingerprint density at radius 2 is 1.74 bits per heavy atom. The van der Waals surface area contributed by atoms with Crippen LogP contribution in [0.1, 0.15) is 65.9 Å². The fourth-order valence-electron chi connectivity index (χ4n) is 5.85. The lowest BCUT2D eigenvalue weighted by Gasteiger charge is -2.32. The number of halogens is 1. The lowest BCUT2D eigenvalue weighted by Crippen LogP contribution is -2.41. The number of hydrogen-bond acceptors (Lipinski definition) is 8. The van der Waals surface area contributed by atoms with Crippen LogP contribution in [0.3, 0.4) is 0 Å². The number of nitrogens with one attached hydrogen (secondary N) is 1. The van der Waals surface area contributed by atoms with Crippen LogP contribution in [0.4, 0.5) is 5.69 Å². The number of aryl methyl sites for hydroxylation is 1. The van der Waals surface area contributed by atoms with E-state index >= 15 is 0 Å². The minimum atomic E-state index is -0.326. The van der Waals surface area contributed by atoms with Crippen molar-refractivity contribution in [3.8, 4) is 5.75 Å². The Morgan fingerprint density at radius 1 is 1.00 bits per heavy atom. The van der Waals surface area contributed by atoms with E-state index in [2.05, 4.69) is 56.6 Å². The summed E-state index contributed by atoms with van der Waals surface area (Å²) in [6.07, 6.45) is 8.25. The lowest BCUT2D eigenvalue weighted by molar-refractivity contribution is -0.134. The van der Waals surface area contributed by atoms with Crippen LogP contribution in [0, 0.1) is 0 Å². The second-order valence-corrected chi connectivity index (χ2v) is 12.6. The van der Waals surface area contributed by atoms with Crippen LogP contribution in [0.15, 0.2) is 70.2 Å². The van der Waals surface area contributed by atoms with E-state index in [1.54, 1.807) is 7.05 Å². The molecule has 242 valence electrons. The number of anilines is 1. The van der Waals surface area contributed by atoms with E-state index in [1.165, 1.54) is 22.0 Å². The van der Waals surface area contributed by atoms with Crippen LogP contribution < -0.4 is 21.3 Å².